The predicted molar refractivity (Wildman–Crippen MR) is 93.2 cm³/mol. The molecule has 1 atom stereocenters. The first-order valence-electron chi connectivity index (χ1n) is 8.08. The molecule has 1 aliphatic heterocycles. The maximum absolute atomic E-state index is 12.4. The molecule has 1 heterocycles. The fourth-order valence-corrected chi connectivity index (χ4v) is 4.14. The van der Waals surface area contributed by atoms with Crippen LogP contribution in [0.4, 0.5) is 4.79 Å². The van der Waals surface area contributed by atoms with Crippen LogP contribution in [0.25, 0.3) is 0 Å². The Hall–Kier alpha value is -1.60. The number of carbonyl (C=O) groups excluding carboxylic acids is 1. The van der Waals surface area contributed by atoms with E-state index in [9.17, 15) is 13.2 Å². The molecule has 1 aromatic carbocycles. The number of likely N-dealkylation sites (tertiary alicyclic amines) is 1. The third kappa shape index (κ3) is 5.49. The number of sulfonamides is 1. The maximum Gasteiger partial charge on any atom is 0.410 e. The van der Waals surface area contributed by atoms with Crippen molar-refractivity contribution in [2.75, 3.05) is 13.1 Å². The van der Waals surface area contributed by atoms with Crippen LogP contribution in [-0.2, 0) is 20.5 Å². The van der Waals surface area contributed by atoms with E-state index in [1.165, 1.54) is 0 Å². The van der Waals surface area contributed by atoms with Gasteiger partial charge in [-0.2, -0.15) is 0 Å². The van der Waals surface area contributed by atoms with E-state index in [0.29, 0.717) is 19.5 Å². The van der Waals surface area contributed by atoms with Crippen LogP contribution in [0.2, 0.25) is 0 Å². The molecule has 0 radical (unpaired) electrons. The van der Waals surface area contributed by atoms with Crippen molar-refractivity contribution in [2.45, 2.75) is 51.5 Å². The Bertz CT molecular complexity index is 695. The van der Waals surface area contributed by atoms with Crippen molar-refractivity contribution in [3.8, 4) is 0 Å². The van der Waals surface area contributed by atoms with Gasteiger partial charge in [-0.1, -0.05) is 24.3 Å². The molecule has 0 spiro atoms. The lowest BCUT2D eigenvalue weighted by molar-refractivity contribution is 0.0292. The van der Waals surface area contributed by atoms with Crippen molar-refractivity contribution in [1.29, 1.82) is 0 Å². The van der Waals surface area contributed by atoms with Gasteiger partial charge in [0.2, 0.25) is 10.0 Å². The molecule has 1 aromatic rings. The van der Waals surface area contributed by atoms with Crippen LogP contribution in [-0.4, -0.2) is 44.1 Å². The lowest BCUT2D eigenvalue weighted by Gasteiger charge is -2.24. The third-order valence-electron chi connectivity index (χ3n) is 3.79. The Morgan fingerprint density at radius 1 is 1.33 bits per heavy atom. The monoisotopic (exact) mass is 354 g/mol. The van der Waals surface area contributed by atoms with Gasteiger partial charge in [-0.15, -0.1) is 0 Å². The molecule has 0 saturated carbocycles. The fourth-order valence-electron chi connectivity index (χ4n) is 2.62. The van der Waals surface area contributed by atoms with E-state index in [2.05, 4.69) is 4.72 Å². The number of benzene rings is 1. The first-order chi connectivity index (χ1) is 11.1. The van der Waals surface area contributed by atoms with E-state index in [4.69, 9.17) is 4.74 Å². The highest BCUT2D eigenvalue weighted by Crippen LogP contribution is 2.17. The van der Waals surface area contributed by atoms with E-state index in [0.717, 1.165) is 11.1 Å². The maximum atomic E-state index is 12.4. The number of hydrogen-bond acceptors (Lipinski definition) is 4. The summed E-state index contributed by atoms with van der Waals surface area (Å²) in [7, 11) is -3.45. The Morgan fingerprint density at radius 2 is 2.00 bits per heavy atom. The zero-order valence-corrected chi connectivity index (χ0v) is 15.5. The van der Waals surface area contributed by atoms with Gasteiger partial charge in [0.15, 0.2) is 0 Å². The number of nitrogens with one attached hydrogen (secondary N) is 1. The summed E-state index contributed by atoms with van der Waals surface area (Å²) in [5.41, 5.74) is 1.18. The second-order valence-electron chi connectivity index (χ2n) is 7.22. The molecule has 1 aliphatic rings. The van der Waals surface area contributed by atoms with Gasteiger partial charge in [0.05, 0.1) is 5.75 Å². The van der Waals surface area contributed by atoms with E-state index in [-0.39, 0.29) is 11.8 Å². The van der Waals surface area contributed by atoms with Gasteiger partial charge in [0, 0.05) is 19.1 Å². The predicted octanol–water partition coefficient (Wildman–Crippen LogP) is 2.42. The number of carbonyl (C=O) groups is 1. The van der Waals surface area contributed by atoms with Gasteiger partial charge in [-0.05, 0) is 45.2 Å². The van der Waals surface area contributed by atoms with Gasteiger partial charge < -0.3 is 9.64 Å². The Balaban J connectivity index is 1.92. The van der Waals surface area contributed by atoms with Crippen molar-refractivity contribution in [3.63, 3.8) is 0 Å². The van der Waals surface area contributed by atoms with Crippen molar-refractivity contribution >= 4 is 16.1 Å². The summed E-state index contributed by atoms with van der Waals surface area (Å²) in [5.74, 6) is -0.0530. The standard InChI is InChI=1S/C17H26N2O4S/c1-13-7-5-6-8-14(13)12-24(21,22)18-15-9-10-19(11-15)16(20)23-17(2,3)4/h5-8,15,18H,9-12H2,1-4H3. The van der Waals surface area contributed by atoms with Crippen LogP contribution in [0.3, 0.4) is 0 Å². The molecule has 1 saturated heterocycles. The number of rotatable bonds is 4. The molecule has 1 fully saturated rings. The van der Waals surface area contributed by atoms with E-state index >= 15 is 0 Å². The highest BCUT2D eigenvalue weighted by Gasteiger charge is 2.31. The summed E-state index contributed by atoms with van der Waals surface area (Å²) < 4.78 is 32.8. The first kappa shape index (κ1) is 18.7. The largest absolute Gasteiger partial charge is 0.444 e. The molecule has 2 rings (SSSR count). The molecule has 0 bridgehead atoms. The number of ether oxygens (including phenoxy) is 1. The molecule has 7 heteroatoms. The van der Waals surface area contributed by atoms with Crippen LogP contribution in [0, 0.1) is 6.92 Å². The number of amides is 1. The van der Waals surface area contributed by atoms with Crippen LogP contribution in [0.5, 0.6) is 0 Å². The van der Waals surface area contributed by atoms with E-state index < -0.39 is 21.7 Å². The normalized spacial score (nSPS) is 18.7. The topological polar surface area (TPSA) is 75.7 Å². The third-order valence-corrected chi connectivity index (χ3v) is 5.18. The van der Waals surface area contributed by atoms with Gasteiger partial charge in [0.1, 0.15) is 5.60 Å². The lowest BCUT2D eigenvalue weighted by atomic mass is 10.1. The summed E-state index contributed by atoms with van der Waals surface area (Å²) in [5, 5.41) is 0. The molecule has 6 nitrogen and oxygen atoms in total. The summed E-state index contributed by atoms with van der Waals surface area (Å²) >= 11 is 0. The van der Waals surface area contributed by atoms with Crippen molar-refractivity contribution in [1.82, 2.24) is 9.62 Å². The van der Waals surface area contributed by atoms with Gasteiger partial charge in [-0.3, -0.25) is 0 Å². The lowest BCUT2D eigenvalue weighted by Crippen LogP contribution is -2.40. The zero-order valence-electron chi connectivity index (χ0n) is 14.7. The molecular weight excluding hydrogens is 328 g/mol. The van der Waals surface area contributed by atoms with Gasteiger partial charge in [0.25, 0.3) is 0 Å². The van der Waals surface area contributed by atoms with Crippen LogP contribution >= 0.6 is 0 Å². The number of nitrogens with zero attached hydrogens (tertiary/aromatic N) is 1. The number of aryl methyl sites for hydroxylation is 1. The Morgan fingerprint density at radius 3 is 2.62 bits per heavy atom. The van der Waals surface area contributed by atoms with E-state index in [1.54, 1.807) is 4.90 Å². The molecule has 1 amide bonds. The quantitative estimate of drug-likeness (QED) is 0.901. The van der Waals surface area contributed by atoms with Gasteiger partial charge >= 0.3 is 6.09 Å². The van der Waals surface area contributed by atoms with Gasteiger partial charge in [-0.25, -0.2) is 17.9 Å². The average molecular weight is 354 g/mol. The fraction of sp³-hybridized carbons (Fsp3) is 0.588. The summed E-state index contributed by atoms with van der Waals surface area (Å²) in [6.07, 6.45) is 0.190. The minimum absolute atomic E-state index is 0.0530. The molecule has 1 unspecified atom stereocenters. The second kappa shape index (κ2) is 7.11. The summed E-state index contributed by atoms with van der Waals surface area (Å²) in [4.78, 5) is 13.6. The van der Waals surface area contributed by atoms with E-state index in [1.807, 2.05) is 52.0 Å². The Kier molecular flexibility index (Phi) is 5.55. The minimum Gasteiger partial charge on any atom is -0.444 e. The van der Waals surface area contributed by atoms with Crippen LogP contribution < -0.4 is 4.72 Å². The van der Waals surface area contributed by atoms with Crippen molar-refractivity contribution in [2.24, 2.45) is 0 Å². The smallest absolute Gasteiger partial charge is 0.410 e. The summed E-state index contributed by atoms with van der Waals surface area (Å²) in [6, 6.07) is 7.15. The average Bonchev–Trinajstić information content (AvgIpc) is 2.87. The SMILES string of the molecule is Cc1ccccc1CS(=O)(=O)NC1CCN(C(=O)OC(C)(C)C)C1. The summed E-state index contributed by atoms with van der Waals surface area (Å²) in [6.45, 7) is 8.15. The molecule has 24 heavy (non-hydrogen) atoms. The first-order valence-corrected chi connectivity index (χ1v) is 9.73. The second-order valence-corrected chi connectivity index (χ2v) is 8.97. The van der Waals surface area contributed by atoms with Crippen LogP contribution in [0.1, 0.15) is 38.3 Å². The highest BCUT2D eigenvalue weighted by atomic mass is 32.2. The molecule has 0 aliphatic carbocycles. The molecular formula is C17H26N2O4S. The van der Waals surface area contributed by atoms with Crippen LogP contribution in [0.15, 0.2) is 24.3 Å². The Labute approximate surface area is 144 Å². The zero-order chi connectivity index (χ0) is 18.0. The van der Waals surface area contributed by atoms with Crippen molar-refractivity contribution in [3.05, 3.63) is 35.4 Å². The molecule has 0 aromatic heterocycles. The highest BCUT2D eigenvalue weighted by molar-refractivity contribution is 7.88. The number of hydrogen-bond donors (Lipinski definition) is 1. The molecule has 1 N–H and O–H groups in total. The molecule has 134 valence electrons. The van der Waals surface area contributed by atoms with Crippen molar-refractivity contribution < 1.29 is 17.9 Å². The minimum atomic E-state index is -3.45.